The lowest BCUT2D eigenvalue weighted by molar-refractivity contribution is 0.298. The fourth-order valence-electron chi connectivity index (χ4n) is 2.26. The first-order valence-electron chi connectivity index (χ1n) is 8.16. The van der Waals surface area contributed by atoms with Crippen LogP contribution < -0.4 is 10.1 Å². The molecule has 0 spiro atoms. The second-order valence-electron chi connectivity index (χ2n) is 5.29. The van der Waals surface area contributed by atoms with Crippen LogP contribution >= 0.6 is 23.2 Å². The van der Waals surface area contributed by atoms with Crippen molar-refractivity contribution in [3.8, 4) is 5.75 Å². The number of rotatable bonds is 11. The molecule has 1 rings (SSSR count). The van der Waals surface area contributed by atoms with Crippen LogP contribution in [0.1, 0.15) is 39.2 Å². The number of nitrogens with one attached hydrogen (secondary N) is 1. The Labute approximate surface area is 144 Å². The summed E-state index contributed by atoms with van der Waals surface area (Å²) in [4.78, 5) is 2.43. The van der Waals surface area contributed by atoms with Crippen molar-refractivity contribution in [1.82, 2.24) is 10.2 Å². The summed E-state index contributed by atoms with van der Waals surface area (Å²) in [5.74, 6) is 0.593. The van der Waals surface area contributed by atoms with Gasteiger partial charge in [0.2, 0.25) is 0 Å². The molecule has 1 aromatic rings. The highest BCUT2D eigenvalue weighted by molar-refractivity contribution is 6.37. The van der Waals surface area contributed by atoms with E-state index in [2.05, 4.69) is 31.0 Å². The number of nitrogens with zero attached hydrogens (tertiary/aromatic N) is 1. The van der Waals surface area contributed by atoms with E-state index in [1.165, 1.54) is 0 Å². The molecular weight excluding hydrogens is 319 g/mol. The lowest BCUT2D eigenvalue weighted by Crippen LogP contribution is -2.27. The van der Waals surface area contributed by atoms with E-state index in [4.69, 9.17) is 27.9 Å². The van der Waals surface area contributed by atoms with Gasteiger partial charge in [0.15, 0.2) is 5.75 Å². The van der Waals surface area contributed by atoms with E-state index >= 15 is 0 Å². The number of hydrogen-bond donors (Lipinski definition) is 1. The SMILES string of the molecule is CCCOc1c(Cl)cc(CNCCCN(CC)CC)cc1Cl. The average Bonchev–Trinajstić information content (AvgIpc) is 2.50. The Morgan fingerprint density at radius 1 is 1.09 bits per heavy atom. The van der Waals surface area contributed by atoms with E-state index in [9.17, 15) is 0 Å². The molecule has 0 aliphatic heterocycles. The number of halogens is 2. The molecule has 0 unspecified atom stereocenters. The molecule has 0 bridgehead atoms. The summed E-state index contributed by atoms with van der Waals surface area (Å²) in [6, 6.07) is 3.85. The minimum atomic E-state index is 0.584. The highest BCUT2D eigenvalue weighted by atomic mass is 35.5. The molecule has 0 amide bonds. The summed E-state index contributed by atoms with van der Waals surface area (Å²) in [6.07, 6.45) is 2.07. The fraction of sp³-hybridized carbons (Fsp3) is 0.647. The maximum Gasteiger partial charge on any atom is 0.156 e. The van der Waals surface area contributed by atoms with Gasteiger partial charge in [-0.2, -0.15) is 0 Å². The molecule has 126 valence electrons. The highest BCUT2D eigenvalue weighted by Gasteiger charge is 2.09. The second-order valence-corrected chi connectivity index (χ2v) is 6.11. The zero-order valence-corrected chi connectivity index (χ0v) is 15.4. The first kappa shape index (κ1) is 19.6. The predicted octanol–water partition coefficient (Wildman–Crippen LogP) is 4.60. The standard InChI is InChI=1S/C17H28Cl2N2O/c1-4-10-22-17-15(18)11-14(12-16(17)19)13-20-8-7-9-21(5-2)6-3/h11-12,20H,4-10,13H2,1-3H3. The molecule has 5 heteroatoms. The van der Waals surface area contributed by atoms with Crippen LogP contribution in [0.5, 0.6) is 5.75 Å². The molecule has 1 N–H and O–H groups in total. The van der Waals surface area contributed by atoms with Gasteiger partial charge in [-0.3, -0.25) is 0 Å². The van der Waals surface area contributed by atoms with Gasteiger partial charge in [0.1, 0.15) is 0 Å². The summed E-state index contributed by atoms with van der Waals surface area (Å²) < 4.78 is 5.58. The van der Waals surface area contributed by atoms with Crippen LogP contribution in [0.3, 0.4) is 0 Å². The van der Waals surface area contributed by atoms with Gasteiger partial charge < -0.3 is 15.0 Å². The molecule has 3 nitrogen and oxygen atoms in total. The zero-order valence-electron chi connectivity index (χ0n) is 13.9. The molecule has 0 saturated heterocycles. The minimum absolute atomic E-state index is 0.584. The predicted molar refractivity (Wildman–Crippen MR) is 96.4 cm³/mol. The summed E-state index contributed by atoms with van der Waals surface area (Å²) in [5.41, 5.74) is 1.08. The lowest BCUT2D eigenvalue weighted by atomic mass is 10.2. The molecule has 0 radical (unpaired) electrons. The first-order valence-corrected chi connectivity index (χ1v) is 8.91. The van der Waals surface area contributed by atoms with Gasteiger partial charge >= 0.3 is 0 Å². The normalized spacial score (nSPS) is 11.2. The van der Waals surface area contributed by atoms with Gasteiger partial charge in [-0.15, -0.1) is 0 Å². The maximum absolute atomic E-state index is 6.25. The maximum atomic E-state index is 6.25. The summed E-state index contributed by atoms with van der Waals surface area (Å²) >= 11 is 12.5. The van der Waals surface area contributed by atoms with Crippen molar-refractivity contribution in [2.45, 2.75) is 40.2 Å². The molecule has 22 heavy (non-hydrogen) atoms. The highest BCUT2D eigenvalue weighted by Crippen LogP contribution is 2.34. The van der Waals surface area contributed by atoms with Gasteiger partial charge in [0.25, 0.3) is 0 Å². The van der Waals surface area contributed by atoms with Crippen LogP contribution in [-0.4, -0.2) is 37.7 Å². The molecule has 0 aliphatic carbocycles. The van der Waals surface area contributed by atoms with Crippen molar-refractivity contribution >= 4 is 23.2 Å². The van der Waals surface area contributed by atoms with Crippen molar-refractivity contribution in [1.29, 1.82) is 0 Å². The van der Waals surface area contributed by atoms with Crippen molar-refractivity contribution in [3.63, 3.8) is 0 Å². The molecule has 0 atom stereocenters. The van der Waals surface area contributed by atoms with E-state index in [1.54, 1.807) is 0 Å². The molecule has 0 aromatic heterocycles. The number of benzene rings is 1. The van der Waals surface area contributed by atoms with Crippen LogP contribution in [-0.2, 0) is 6.54 Å². The summed E-state index contributed by atoms with van der Waals surface area (Å²) in [6.45, 7) is 12.2. The number of hydrogen-bond acceptors (Lipinski definition) is 3. The van der Waals surface area contributed by atoms with E-state index < -0.39 is 0 Å². The third-order valence-corrected chi connectivity index (χ3v) is 4.12. The minimum Gasteiger partial charge on any atom is -0.490 e. The Morgan fingerprint density at radius 2 is 1.73 bits per heavy atom. The van der Waals surface area contributed by atoms with Crippen LogP contribution in [0, 0.1) is 0 Å². The zero-order chi connectivity index (χ0) is 16.4. The monoisotopic (exact) mass is 346 g/mol. The van der Waals surface area contributed by atoms with Crippen LogP contribution in [0.15, 0.2) is 12.1 Å². The summed E-state index contributed by atoms with van der Waals surface area (Å²) in [7, 11) is 0. The Balaban J connectivity index is 2.40. The Morgan fingerprint density at radius 3 is 2.27 bits per heavy atom. The quantitative estimate of drug-likeness (QED) is 0.592. The van der Waals surface area contributed by atoms with Crippen LogP contribution in [0.2, 0.25) is 10.0 Å². The van der Waals surface area contributed by atoms with Crippen LogP contribution in [0.25, 0.3) is 0 Å². The first-order chi connectivity index (χ1) is 10.6. The molecule has 1 aromatic carbocycles. The van der Waals surface area contributed by atoms with Crippen molar-refractivity contribution in [3.05, 3.63) is 27.7 Å². The second kappa shape index (κ2) is 11.1. The Hall–Kier alpha value is -0.480. The Bertz CT molecular complexity index is 414. The van der Waals surface area contributed by atoms with E-state index in [0.717, 1.165) is 51.1 Å². The summed E-state index contributed by atoms with van der Waals surface area (Å²) in [5, 5.41) is 4.61. The molecular formula is C17H28Cl2N2O. The Kier molecular flexibility index (Phi) is 9.89. The van der Waals surface area contributed by atoms with Gasteiger partial charge in [-0.1, -0.05) is 44.0 Å². The fourth-order valence-corrected chi connectivity index (χ4v) is 2.90. The molecule has 0 heterocycles. The third kappa shape index (κ3) is 6.74. The van der Waals surface area contributed by atoms with Gasteiger partial charge in [-0.25, -0.2) is 0 Å². The van der Waals surface area contributed by atoms with Gasteiger partial charge in [0, 0.05) is 6.54 Å². The van der Waals surface area contributed by atoms with E-state index in [-0.39, 0.29) is 0 Å². The topological polar surface area (TPSA) is 24.5 Å². The van der Waals surface area contributed by atoms with Gasteiger partial charge in [-0.05, 0) is 56.7 Å². The lowest BCUT2D eigenvalue weighted by Gasteiger charge is -2.17. The largest absolute Gasteiger partial charge is 0.490 e. The molecule has 0 saturated carbocycles. The van der Waals surface area contributed by atoms with E-state index in [0.29, 0.717) is 22.4 Å². The van der Waals surface area contributed by atoms with Crippen molar-refractivity contribution in [2.24, 2.45) is 0 Å². The van der Waals surface area contributed by atoms with Crippen LogP contribution in [0.4, 0.5) is 0 Å². The van der Waals surface area contributed by atoms with Gasteiger partial charge in [0.05, 0.1) is 16.7 Å². The smallest absolute Gasteiger partial charge is 0.156 e. The number of ether oxygens (including phenoxy) is 1. The molecule has 0 aliphatic rings. The van der Waals surface area contributed by atoms with E-state index in [1.807, 2.05) is 12.1 Å². The van der Waals surface area contributed by atoms with Crippen molar-refractivity contribution in [2.75, 3.05) is 32.8 Å². The molecule has 0 fully saturated rings. The van der Waals surface area contributed by atoms with Crippen molar-refractivity contribution < 1.29 is 4.74 Å². The average molecular weight is 347 g/mol. The third-order valence-electron chi connectivity index (χ3n) is 3.56.